The molecule has 8 nitrogen and oxygen atoms in total. The Bertz CT molecular complexity index is 1210. The van der Waals surface area contributed by atoms with Crippen molar-refractivity contribution in [2.24, 2.45) is 11.8 Å². The first-order valence-electron chi connectivity index (χ1n) is 12.1. The van der Waals surface area contributed by atoms with Crippen molar-refractivity contribution in [3.8, 4) is 11.8 Å². The van der Waals surface area contributed by atoms with Crippen LogP contribution in [-0.2, 0) is 0 Å². The smallest absolute Gasteiger partial charge is 0.213 e. The molecular formula is C28H30FN3O5. The number of aliphatic hydroxyl groups excluding tert-OH is 1. The van der Waals surface area contributed by atoms with Crippen LogP contribution in [0.1, 0.15) is 38.0 Å². The lowest BCUT2D eigenvalue weighted by molar-refractivity contribution is 0.0522. The molecule has 0 saturated carbocycles. The number of carbonyl (C=O) groups excluding carboxylic acids is 2. The zero-order valence-corrected chi connectivity index (χ0v) is 21.1. The van der Waals surface area contributed by atoms with Crippen molar-refractivity contribution < 1.29 is 28.6 Å². The number of pyridine rings is 2. The number of benzene rings is 1. The Balaban J connectivity index is 1.86. The number of Topliss-reactive ketones (excluding diaryl/α,β-unsaturated/α-hetero) is 2. The summed E-state index contributed by atoms with van der Waals surface area (Å²) in [6, 6.07) is 14.6. The maximum Gasteiger partial charge on any atom is 0.213 e. The second-order valence-corrected chi connectivity index (χ2v) is 9.03. The van der Waals surface area contributed by atoms with Crippen molar-refractivity contribution in [1.82, 2.24) is 14.9 Å². The fourth-order valence-corrected chi connectivity index (χ4v) is 5.08. The number of carbonyl (C=O) groups is 2. The molecule has 0 unspecified atom stereocenters. The van der Waals surface area contributed by atoms with E-state index in [0.29, 0.717) is 22.9 Å². The number of aliphatic hydroxyl groups is 1. The van der Waals surface area contributed by atoms with E-state index in [0.717, 1.165) is 0 Å². The van der Waals surface area contributed by atoms with Gasteiger partial charge in [-0.3, -0.25) is 14.5 Å². The molecule has 1 aliphatic heterocycles. The highest BCUT2D eigenvalue weighted by Gasteiger charge is 2.46. The van der Waals surface area contributed by atoms with E-state index in [-0.39, 0.29) is 49.2 Å². The third-order valence-electron chi connectivity index (χ3n) is 6.91. The summed E-state index contributed by atoms with van der Waals surface area (Å²) >= 11 is 0. The Morgan fingerprint density at radius 1 is 0.919 bits per heavy atom. The highest BCUT2D eigenvalue weighted by Crippen LogP contribution is 2.42. The number of methoxy groups -OCH3 is 2. The van der Waals surface area contributed by atoms with Gasteiger partial charge in [0.1, 0.15) is 17.2 Å². The average molecular weight is 508 g/mol. The van der Waals surface area contributed by atoms with Gasteiger partial charge < -0.3 is 14.6 Å². The molecule has 0 spiro atoms. The lowest BCUT2D eigenvalue weighted by Gasteiger charge is -2.43. The maximum atomic E-state index is 14.8. The zero-order chi connectivity index (χ0) is 26.5. The Hall–Kier alpha value is -3.69. The van der Waals surface area contributed by atoms with E-state index >= 15 is 0 Å². The van der Waals surface area contributed by atoms with Gasteiger partial charge in [-0.2, -0.15) is 0 Å². The first-order valence-corrected chi connectivity index (χ1v) is 12.1. The molecule has 0 amide bonds. The van der Waals surface area contributed by atoms with Crippen molar-refractivity contribution in [2.45, 2.75) is 12.8 Å². The molecule has 1 aliphatic rings. The van der Waals surface area contributed by atoms with Crippen molar-refractivity contribution in [2.75, 3.05) is 40.5 Å². The second kappa shape index (κ2) is 11.6. The van der Waals surface area contributed by atoms with Crippen LogP contribution in [0.4, 0.5) is 4.39 Å². The number of halogens is 1. The number of nitrogens with zero attached hydrogens (tertiary/aromatic N) is 3. The molecule has 1 saturated heterocycles. The molecule has 2 atom stereocenters. The van der Waals surface area contributed by atoms with Crippen LogP contribution in [0.25, 0.3) is 0 Å². The van der Waals surface area contributed by atoms with Crippen molar-refractivity contribution in [3.63, 3.8) is 0 Å². The largest absolute Gasteiger partial charge is 0.481 e. The molecule has 194 valence electrons. The van der Waals surface area contributed by atoms with E-state index in [9.17, 15) is 19.1 Å². The molecule has 0 radical (unpaired) electrons. The zero-order valence-electron chi connectivity index (χ0n) is 21.1. The van der Waals surface area contributed by atoms with E-state index in [1.54, 1.807) is 55.5 Å². The van der Waals surface area contributed by atoms with Crippen LogP contribution in [0.3, 0.4) is 0 Å². The Morgan fingerprint density at radius 3 is 1.92 bits per heavy atom. The number of hydrogen-bond donors (Lipinski definition) is 1. The van der Waals surface area contributed by atoms with Gasteiger partial charge in [0.05, 0.1) is 20.8 Å². The first-order chi connectivity index (χ1) is 17.9. The van der Waals surface area contributed by atoms with Gasteiger partial charge in [-0.15, -0.1) is 0 Å². The Labute approximate surface area is 215 Å². The molecule has 2 aromatic heterocycles. The summed E-state index contributed by atoms with van der Waals surface area (Å²) < 4.78 is 25.2. The van der Waals surface area contributed by atoms with Crippen LogP contribution < -0.4 is 9.47 Å². The van der Waals surface area contributed by atoms with Crippen LogP contribution in [0.15, 0.2) is 54.6 Å². The third-order valence-corrected chi connectivity index (χ3v) is 6.91. The molecule has 1 fully saturated rings. The van der Waals surface area contributed by atoms with Crippen molar-refractivity contribution in [1.29, 1.82) is 0 Å². The topological polar surface area (TPSA) is 102 Å². The number of piperidine rings is 1. The van der Waals surface area contributed by atoms with Gasteiger partial charge in [0.25, 0.3) is 0 Å². The van der Waals surface area contributed by atoms with E-state index < -0.39 is 23.6 Å². The summed E-state index contributed by atoms with van der Waals surface area (Å²) in [4.78, 5) is 38.5. The first kappa shape index (κ1) is 26.4. The molecule has 0 aliphatic carbocycles. The molecule has 3 heterocycles. The van der Waals surface area contributed by atoms with Crippen molar-refractivity contribution >= 4 is 11.6 Å². The lowest BCUT2D eigenvalue weighted by Crippen LogP contribution is -2.51. The Morgan fingerprint density at radius 2 is 1.43 bits per heavy atom. The minimum atomic E-state index is -0.736. The van der Waals surface area contributed by atoms with E-state index in [1.807, 2.05) is 4.90 Å². The molecule has 3 aromatic rings. The van der Waals surface area contributed by atoms with E-state index in [4.69, 9.17) is 9.47 Å². The number of aromatic nitrogens is 2. The molecule has 37 heavy (non-hydrogen) atoms. The minimum absolute atomic E-state index is 0.139. The lowest BCUT2D eigenvalue weighted by atomic mass is 9.68. The highest BCUT2D eigenvalue weighted by atomic mass is 19.1. The normalized spacial score (nSPS) is 18.4. The van der Waals surface area contributed by atoms with Crippen LogP contribution in [-0.4, -0.2) is 72.0 Å². The Kier molecular flexibility index (Phi) is 8.25. The summed E-state index contributed by atoms with van der Waals surface area (Å²) in [7, 11) is 2.93. The van der Waals surface area contributed by atoms with Crippen LogP contribution in [0.5, 0.6) is 11.8 Å². The minimum Gasteiger partial charge on any atom is -0.481 e. The second-order valence-electron chi connectivity index (χ2n) is 9.03. The van der Waals surface area contributed by atoms with E-state index in [2.05, 4.69) is 9.97 Å². The number of likely N-dealkylation sites (tertiary alicyclic amines) is 1. The summed E-state index contributed by atoms with van der Waals surface area (Å²) in [5, 5.41) is 9.68. The molecular weight excluding hydrogens is 477 g/mol. The standard InChI is InChI=1S/C28H30FN3O5/c1-17-18(7-4-8-21(17)29)26-19(27(34)22-9-5-11-24(30-22)36-2)15-32(13-14-33)16-20(26)28(35)23-10-6-12-25(31-23)37-3/h4-12,19-20,26,33H,13-16H2,1-3H3/t19-,20-/m0/s1. The van der Waals surface area contributed by atoms with Gasteiger partial charge in [0.2, 0.25) is 11.8 Å². The molecule has 1 aromatic carbocycles. The number of ether oxygens (including phenoxy) is 2. The molecule has 4 rings (SSSR count). The fraction of sp³-hybridized carbons (Fsp3) is 0.357. The number of rotatable bonds is 9. The number of ketones is 2. The van der Waals surface area contributed by atoms with Gasteiger partial charge in [-0.25, -0.2) is 14.4 Å². The molecule has 9 heteroatoms. The van der Waals surface area contributed by atoms with E-state index in [1.165, 1.54) is 20.3 Å². The van der Waals surface area contributed by atoms with Gasteiger partial charge in [-0.1, -0.05) is 24.3 Å². The highest BCUT2D eigenvalue weighted by molar-refractivity contribution is 6.00. The quantitative estimate of drug-likeness (QED) is 0.440. The van der Waals surface area contributed by atoms with Gasteiger partial charge in [0, 0.05) is 49.5 Å². The number of β-amino-alcohol motifs (C(OH)–C–C–N with tert-alkyl or cyclic N) is 1. The predicted molar refractivity (Wildman–Crippen MR) is 135 cm³/mol. The molecule has 1 N–H and O–H groups in total. The monoisotopic (exact) mass is 507 g/mol. The van der Waals surface area contributed by atoms with Gasteiger partial charge >= 0.3 is 0 Å². The van der Waals surface area contributed by atoms with Crippen LogP contribution >= 0.6 is 0 Å². The van der Waals surface area contributed by atoms with Crippen LogP contribution in [0, 0.1) is 24.6 Å². The summed E-state index contributed by atoms with van der Waals surface area (Å²) in [6.07, 6.45) is 0. The van der Waals surface area contributed by atoms with Crippen LogP contribution in [0.2, 0.25) is 0 Å². The summed E-state index contributed by atoms with van der Waals surface area (Å²) in [5.74, 6) is -2.52. The molecule has 0 bridgehead atoms. The predicted octanol–water partition coefficient (Wildman–Crippen LogP) is 3.33. The summed E-state index contributed by atoms with van der Waals surface area (Å²) in [5.41, 5.74) is 1.36. The SMILES string of the molecule is COc1cccc(C(=O)[C@H]2CN(CCO)C[C@H](C(=O)c3cccc(OC)n3)C2c2cccc(F)c2C)n1. The van der Waals surface area contributed by atoms with Crippen molar-refractivity contribution in [3.05, 3.63) is 82.9 Å². The summed E-state index contributed by atoms with van der Waals surface area (Å²) in [6.45, 7) is 2.34. The van der Waals surface area contributed by atoms with Gasteiger partial charge in [0.15, 0.2) is 11.6 Å². The third kappa shape index (κ3) is 5.52. The van der Waals surface area contributed by atoms with Gasteiger partial charge in [-0.05, 0) is 36.2 Å². The average Bonchev–Trinajstić information content (AvgIpc) is 2.93. The fourth-order valence-electron chi connectivity index (χ4n) is 5.08. The maximum absolute atomic E-state index is 14.8. The number of hydrogen-bond acceptors (Lipinski definition) is 8.